The number of halogens is 2. The van der Waals surface area contributed by atoms with E-state index < -0.39 is 0 Å². The van der Waals surface area contributed by atoms with Gasteiger partial charge in [-0.15, -0.1) is 11.3 Å². The normalized spacial score (nSPS) is 10.8. The molecule has 0 aliphatic heterocycles. The number of hydrogen-bond acceptors (Lipinski definition) is 2. The first-order valence-electron chi connectivity index (χ1n) is 3.24. The first-order chi connectivity index (χ1) is 5.70. The van der Waals surface area contributed by atoms with E-state index in [1.807, 2.05) is 11.4 Å². The Bertz CT molecular complexity index is 438. The van der Waals surface area contributed by atoms with Crippen LogP contribution in [0.4, 0.5) is 0 Å². The molecule has 2 aromatic rings. The Balaban J connectivity index is 2.97. The standard InChI is InChI=1S/C8H4BrClOS/c9-7-5(10)3-6(11)4-1-2-12-8(4)7/h1-3,11H. The maximum atomic E-state index is 9.47. The molecule has 2 rings (SSSR count). The summed E-state index contributed by atoms with van der Waals surface area (Å²) in [6.45, 7) is 0. The molecule has 62 valence electrons. The van der Waals surface area contributed by atoms with Gasteiger partial charge >= 0.3 is 0 Å². The van der Waals surface area contributed by atoms with Gasteiger partial charge in [0.2, 0.25) is 0 Å². The van der Waals surface area contributed by atoms with E-state index in [9.17, 15) is 5.11 Å². The van der Waals surface area contributed by atoms with Crippen molar-refractivity contribution in [2.45, 2.75) is 0 Å². The number of fused-ring (bicyclic) bond motifs is 1. The molecule has 0 saturated carbocycles. The van der Waals surface area contributed by atoms with E-state index in [-0.39, 0.29) is 5.75 Å². The molecule has 0 spiro atoms. The quantitative estimate of drug-likeness (QED) is 0.761. The average Bonchev–Trinajstić information content (AvgIpc) is 2.48. The van der Waals surface area contributed by atoms with Crippen LogP contribution in [0.2, 0.25) is 5.02 Å². The van der Waals surface area contributed by atoms with Crippen molar-refractivity contribution < 1.29 is 5.11 Å². The minimum atomic E-state index is 0.236. The topological polar surface area (TPSA) is 20.2 Å². The van der Waals surface area contributed by atoms with Gasteiger partial charge in [-0.3, -0.25) is 0 Å². The summed E-state index contributed by atoms with van der Waals surface area (Å²) in [7, 11) is 0. The zero-order valence-electron chi connectivity index (χ0n) is 5.84. The first kappa shape index (κ1) is 8.35. The van der Waals surface area contributed by atoms with E-state index in [4.69, 9.17) is 11.6 Å². The average molecular weight is 264 g/mol. The molecule has 1 N–H and O–H groups in total. The number of benzene rings is 1. The minimum Gasteiger partial charge on any atom is -0.507 e. The van der Waals surface area contributed by atoms with Crippen molar-refractivity contribution in [2.24, 2.45) is 0 Å². The third kappa shape index (κ3) is 1.13. The zero-order chi connectivity index (χ0) is 8.72. The second-order valence-corrected chi connectivity index (χ2v) is 4.47. The van der Waals surface area contributed by atoms with Crippen LogP contribution in [0, 0.1) is 0 Å². The highest BCUT2D eigenvalue weighted by Crippen LogP contribution is 2.39. The van der Waals surface area contributed by atoms with Gasteiger partial charge in [-0.1, -0.05) is 11.6 Å². The number of phenolic OH excluding ortho intramolecular Hbond substituents is 1. The first-order valence-corrected chi connectivity index (χ1v) is 5.29. The van der Waals surface area contributed by atoms with Crippen molar-refractivity contribution in [2.75, 3.05) is 0 Å². The summed E-state index contributed by atoms with van der Waals surface area (Å²) < 4.78 is 1.84. The summed E-state index contributed by atoms with van der Waals surface area (Å²) in [6, 6.07) is 3.41. The van der Waals surface area contributed by atoms with Crippen LogP contribution >= 0.6 is 38.9 Å². The number of aromatic hydroxyl groups is 1. The molecule has 0 bridgehead atoms. The molecule has 0 aliphatic carbocycles. The number of thiophene rings is 1. The summed E-state index contributed by atoms with van der Waals surface area (Å²) in [5, 5.41) is 12.8. The molecule has 1 nitrogen and oxygen atoms in total. The molecule has 1 heterocycles. The van der Waals surface area contributed by atoms with Crippen LogP contribution in [0.1, 0.15) is 0 Å². The van der Waals surface area contributed by atoms with E-state index in [0.29, 0.717) is 5.02 Å². The molecule has 1 aromatic heterocycles. The van der Waals surface area contributed by atoms with Crippen LogP contribution in [0.25, 0.3) is 10.1 Å². The third-order valence-electron chi connectivity index (χ3n) is 1.61. The fourth-order valence-corrected chi connectivity index (χ4v) is 2.77. The summed E-state index contributed by atoms with van der Waals surface area (Å²) in [6.07, 6.45) is 0. The van der Waals surface area contributed by atoms with E-state index in [1.165, 1.54) is 0 Å². The van der Waals surface area contributed by atoms with Crippen molar-refractivity contribution in [3.63, 3.8) is 0 Å². The number of rotatable bonds is 0. The number of phenols is 1. The van der Waals surface area contributed by atoms with E-state index in [2.05, 4.69) is 15.9 Å². The molecule has 4 heteroatoms. The molecular weight excluding hydrogens is 260 g/mol. The van der Waals surface area contributed by atoms with Gasteiger partial charge in [-0.25, -0.2) is 0 Å². The Kier molecular flexibility index (Phi) is 2.02. The Morgan fingerprint density at radius 3 is 3.00 bits per heavy atom. The van der Waals surface area contributed by atoms with E-state index >= 15 is 0 Å². The lowest BCUT2D eigenvalue weighted by molar-refractivity contribution is 0.482. The largest absolute Gasteiger partial charge is 0.507 e. The number of hydrogen-bond donors (Lipinski definition) is 1. The molecule has 0 fully saturated rings. The Morgan fingerprint density at radius 1 is 1.50 bits per heavy atom. The summed E-state index contributed by atoms with van der Waals surface area (Å²) in [4.78, 5) is 0. The highest BCUT2D eigenvalue weighted by atomic mass is 79.9. The SMILES string of the molecule is Oc1cc(Cl)c(Br)c2sccc12. The van der Waals surface area contributed by atoms with Crippen LogP contribution in [0.5, 0.6) is 5.75 Å². The van der Waals surface area contributed by atoms with Gasteiger partial charge in [0.1, 0.15) is 5.75 Å². The molecule has 12 heavy (non-hydrogen) atoms. The van der Waals surface area contributed by atoms with Gasteiger partial charge < -0.3 is 5.11 Å². The molecule has 0 unspecified atom stereocenters. The molecular formula is C8H4BrClOS. The maximum absolute atomic E-state index is 9.47. The monoisotopic (exact) mass is 262 g/mol. The van der Waals surface area contributed by atoms with Crippen molar-refractivity contribution >= 4 is 49.0 Å². The molecule has 0 radical (unpaired) electrons. The summed E-state index contributed by atoms with van der Waals surface area (Å²) in [5.41, 5.74) is 0. The fraction of sp³-hybridized carbons (Fsp3) is 0. The molecule has 1 aromatic carbocycles. The minimum absolute atomic E-state index is 0.236. The maximum Gasteiger partial charge on any atom is 0.125 e. The summed E-state index contributed by atoms with van der Waals surface area (Å²) in [5.74, 6) is 0.236. The van der Waals surface area contributed by atoms with Crippen LogP contribution in [0.15, 0.2) is 22.0 Å². The lowest BCUT2D eigenvalue weighted by atomic mass is 10.2. The predicted molar refractivity (Wildman–Crippen MR) is 56.2 cm³/mol. The van der Waals surface area contributed by atoms with Crippen molar-refractivity contribution in [1.82, 2.24) is 0 Å². The zero-order valence-corrected chi connectivity index (χ0v) is 9.00. The summed E-state index contributed by atoms with van der Waals surface area (Å²) >= 11 is 10.8. The van der Waals surface area contributed by atoms with E-state index in [1.54, 1.807) is 17.4 Å². The molecule has 0 atom stereocenters. The third-order valence-corrected chi connectivity index (χ3v) is 4.16. The Labute approximate surface area is 86.7 Å². The van der Waals surface area contributed by atoms with Gasteiger partial charge in [0.15, 0.2) is 0 Å². The van der Waals surface area contributed by atoms with Crippen LogP contribution in [-0.2, 0) is 0 Å². The molecule has 0 aliphatic rings. The Hall–Kier alpha value is -0.250. The van der Waals surface area contributed by atoms with Crippen LogP contribution in [-0.4, -0.2) is 5.11 Å². The van der Waals surface area contributed by atoms with Crippen LogP contribution < -0.4 is 0 Å². The second kappa shape index (κ2) is 2.91. The fourth-order valence-electron chi connectivity index (χ4n) is 1.05. The lowest BCUT2D eigenvalue weighted by Crippen LogP contribution is -1.71. The van der Waals surface area contributed by atoms with Crippen LogP contribution in [0.3, 0.4) is 0 Å². The van der Waals surface area contributed by atoms with Gasteiger partial charge in [-0.2, -0.15) is 0 Å². The predicted octanol–water partition coefficient (Wildman–Crippen LogP) is 4.02. The Morgan fingerprint density at radius 2 is 2.25 bits per heavy atom. The van der Waals surface area contributed by atoms with Crippen molar-refractivity contribution in [3.05, 3.63) is 27.0 Å². The van der Waals surface area contributed by atoms with Gasteiger partial charge in [0.25, 0.3) is 0 Å². The highest BCUT2D eigenvalue weighted by molar-refractivity contribution is 9.10. The van der Waals surface area contributed by atoms with Gasteiger partial charge in [0, 0.05) is 11.5 Å². The molecule has 0 amide bonds. The van der Waals surface area contributed by atoms with Crippen molar-refractivity contribution in [3.8, 4) is 5.75 Å². The van der Waals surface area contributed by atoms with Gasteiger partial charge in [0.05, 0.1) is 14.2 Å². The van der Waals surface area contributed by atoms with Gasteiger partial charge in [-0.05, 0) is 27.4 Å². The molecule has 0 saturated heterocycles. The smallest absolute Gasteiger partial charge is 0.125 e. The van der Waals surface area contributed by atoms with Crippen molar-refractivity contribution in [1.29, 1.82) is 0 Å². The van der Waals surface area contributed by atoms with E-state index in [0.717, 1.165) is 14.6 Å². The lowest BCUT2D eigenvalue weighted by Gasteiger charge is -1.99. The second-order valence-electron chi connectivity index (χ2n) is 2.35. The highest BCUT2D eigenvalue weighted by Gasteiger charge is 2.08.